The first kappa shape index (κ1) is 12.3. The van der Waals surface area contributed by atoms with Gasteiger partial charge in [0.2, 0.25) is 0 Å². The van der Waals surface area contributed by atoms with Crippen LogP contribution in [0.2, 0.25) is 0 Å². The van der Waals surface area contributed by atoms with Gasteiger partial charge in [-0.15, -0.1) is 0 Å². The largest absolute Gasteiger partial charge is 0.319 e. The second-order valence-corrected chi connectivity index (χ2v) is 5.58. The number of nitrogens with zero attached hydrogens (tertiary/aromatic N) is 2. The summed E-state index contributed by atoms with van der Waals surface area (Å²) in [5.74, 6) is 0. The average molecular weight is 268 g/mol. The van der Waals surface area contributed by atoms with Gasteiger partial charge < -0.3 is 4.57 Å². The minimum Gasteiger partial charge on any atom is -0.319 e. The van der Waals surface area contributed by atoms with E-state index in [0.29, 0.717) is 0 Å². The third-order valence-electron chi connectivity index (χ3n) is 3.17. The summed E-state index contributed by atoms with van der Waals surface area (Å²) in [4.78, 5) is 5.96. The van der Waals surface area contributed by atoms with Crippen LogP contribution in [0, 0.1) is 6.92 Å². The molecule has 96 valence electrons. The molecule has 3 heteroatoms. The molecule has 0 unspecified atom stereocenters. The fourth-order valence-electron chi connectivity index (χ4n) is 2.15. The van der Waals surface area contributed by atoms with Crippen molar-refractivity contribution in [3.63, 3.8) is 0 Å². The van der Waals surface area contributed by atoms with Crippen molar-refractivity contribution in [1.82, 2.24) is 9.55 Å². The molecule has 0 aliphatic heterocycles. The molecule has 0 radical (unpaired) electrons. The van der Waals surface area contributed by atoms with E-state index >= 15 is 0 Å². The topological polar surface area (TPSA) is 17.8 Å². The van der Waals surface area contributed by atoms with Crippen molar-refractivity contribution in [2.45, 2.75) is 30.4 Å². The third kappa shape index (κ3) is 2.38. The lowest BCUT2D eigenvalue weighted by Crippen LogP contribution is -1.95. The van der Waals surface area contributed by atoms with E-state index < -0.39 is 0 Å². The Kier molecular flexibility index (Phi) is 3.30. The second-order valence-electron chi connectivity index (χ2n) is 4.54. The third-order valence-corrected chi connectivity index (χ3v) is 4.17. The first-order valence-corrected chi connectivity index (χ1v) is 7.29. The van der Waals surface area contributed by atoms with Crippen molar-refractivity contribution >= 4 is 22.8 Å². The molecule has 1 heterocycles. The molecule has 3 rings (SSSR count). The lowest BCUT2D eigenvalue weighted by Gasteiger charge is -2.05. The first-order chi connectivity index (χ1) is 9.28. The maximum absolute atomic E-state index is 4.73. The molecule has 0 amide bonds. The molecule has 0 aliphatic rings. The van der Waals surface area contributed by atoms with Gasteiger partial charge in [0.15, 0.2) is 5.16 Å². The van der Waals surface area contributed by atoms with Crippen molar-refractivity contribution in [3.8, 4) is 0 Å². The summed E-state index contributed by atoms with van der Waals surface area (Å²) < 4.78 is 2.26. The molecule has 2 nitrogen and oxygen atoms in total. The number of aromatic nitrogens is 2. The van der Waals surface area contributed by atoms with Crippen molar-refractivity contribution in [2.75, 3.05) is 0 Å². The molecular formula is C16H16N2S. The van der Waals surface area contributed by atoms with E-state index in [1.807, 2.05) is 6.07 Å². The highest BCUT2D eigenvalue weighted by Crippen LogP contribution is 2.30. The first-order valence-electron chi connectivity index (χ1n) is 6.47. The van der Waals surface area contributed by atoms with Gasteiger partial charge in [0, 0.05) is 11.4 Å². The molecule has 0 saturated heterocycles. The normalized spacial score (nSPS) is 11.1. The molecule has 0 bridgehead atoms. The molecule has 0 aliphatic carbocycles. The van der Waals surface area contributed by atoms with E-state index in [1.165, 1.54) is 16.0 Å². The average Bonchev–Trinajstić information content (AvgIpc) is 2.78. The molecule has 0 fully saturated rings. The minimum absolute atomic E-state index is 0.939. The summed E-state index contributed by atoms with van der Waals surface area (Å²) in [5.41, 5.74) is 3.56. The highest BCUT2D eigenvalue weighted by Gasteiger charge is 2.10. The molecule has 19 heavy (non-hydrogen) atoms. The standard InChI is InChI=1S/C16H16N2S/c1-3-18-15-7-5-4-6-14(15)17-16(18)19-13-10-8-12(2)9-11-13/h4-11H,3H2,1-2H3. The Morgan fingerprint density at radius 1 is 1.05 bits per heavy atom. The highest BCUT2D eigenvalue weighted by molar-refractivity contribution is 7.99. The molecule has 0 spiro atoms. The quantitative estimate of drug-likeness (QED) is 0.695. The summed E-state index contributed by atoms with van der Waals surface area (Å²) in [6.07, 6.45) is 0. The van der Waals surface area contributed by atoms with E-state index in [1.54, 1.807) is 11.8 Å². The van der Waals surface area contributed by atoms with Crippen LogP contribution in [0.5, 0.6) is 0 Å². The van der Waals surface area contributed by atoms with Gasteiger partial charge >= 0.3 is 0 Å². The van der Waals surface area contributed by atoms with Gasteiger partial charge in [0.05, 0.1) is 11.0 Å². The van der Waals surface area contributed by atoms with E-state index in [2.05, 4.69) is 60.9 Å². The Morgan fingerprint density at radius 3 is 2.53 bits per heavy atom. The molecule has 3 aromatic rings. The summed E-state index contributed by atoms with van der Waals surface area (Å²) in [6, 6.07) is 16.9. The van der Waals surface area contributed by atoms with Gasteiger partial charge in [-0.1, -0.05) is 41.6 Å². The van der Waals surface area contributed by atoms with Crippen LogP contribution in [0.25, 0.3) is 11.0 Å². The molecule has 0 saturated carbocycles. The Hall–Kier alpha value is -1.74. The lowest BCUT2D eigenvalue weighted by molar-refractivity contribution is 0.703. The Balaban J connectivity index is 2.02. The summed E-state index contributed by atoms with van der Waals surface area (Å²) in [6.45, 7) is 5.21. The van der Waals surface area contributed by atoms with Crippen LogP contribution >= 0.6 is 11.8 Å². The van der Waals surface area contributed by atoms with Crippen LogP contribution in [0.1, 0.15) is 12.5 Å². The Bertz CT molecular complexity index is 698. The van der Waals surface area contributed by atoms with Gasteiger partial charge in [-0.05, 0) is 38.1 Å². The molecule has 1 aromatic heterocycles. The van der Waals surface area contributed by atoms with E-state index in [-0.39, 0.29) is 0 Å². The van der Waals surface area contributed by atoms with Crippen molar-refractivity contribution in [1.29, 1.82) is 0 Å². The van der Waals surface area contributed by atoms with Gasteiger partial charge in [-0.25, -0.2) is 4.98 Å². The number of imidazole rings is 1. The van der Waals surface area contributed by atoms with Crippen LogP contribution in [-0.2, 0) is 6.54 Å². The van der Waals surface area contributed by atoms with E-state index in [9.17, 15) is 0 Å². The number of hydrogen-bond acceptors (Lipinski definition) is 2. The second kappa shape index (κ2) is 5.10. The fourth-order valence-corrected chi connectivity index (χ4v) is 3.11. The molecule has 0 N–H and O–H groups in total. The number of fused-ring (bicyclic) bond motifs is 1. The number of hydrogen-bond donors (Lipinski definition) is 0. The Labute approximate surface area is 117 Å². The SMILES string of the molecule is CCn1c(Sc2ccc(C)cc2)nc2ccccc21. The van der Waals surface area contributed by atoms with E-state index in [0.717, 1.165) is 17.2 Å². The monoisotopic (exact) mass is 268 g/mol. The van der Waals surface area contributed by atoms with Gasteiger partial charge in [-0.3, -0.25) is 0 Å². The summed E-state index contributed by atoms with van der Waals surface area (Å²) >= 11 is 1.73. The van der Waals surface area contributed by atoms with Crippen molar-refractivity contribution < 1.29 is 0 Å². The van der Waals surface area contributed by atoms with Gasteiger partial charge in [0.25, 0.3) is 0 Å². The van der Waals surface area contributed by atoms with Crippen LogP contribution in [0.4, 0.5) is 0 Å². The van der Waals surface area contributed by atoms with Crippen molar-refractivity contribution in [3.05, 3.63) is 54.1 Å². The smallest absolute Gasteiger partial charge is 0.173 e. The maximum Gasteiger partial charge on any atom is 0.173 e. The van der Waals surface area contributed by atoms with Crippen molar-refractivity contribution in [2.24, 2.45) is 0 Å². The zero-order chi connectivity index (χ0) is 13.2. The molecular weight excluding hydrogens is 252 g/mol. The number of aryl methyl sites for hydroxylation is 2. The van der Waals surface area contributed by atoms with Crippen LogP contribution in [0.3, 0.4) is 0 Å². The maximum atomic E-state index is 4.73. The van der Waals surface area contributed by atoms with Crippen LogP contribution in [0.15, 0.2) is 58.6 Å². The predicted molar refractivity (Wildman–Crippen MR) is 80.7 cm³/mol. The zero-order valence-corrected chi connectivity index (χ0v) is 11.9. The zero-order valence-electron chi connectivity index (χ0n) is 11.1. The summed E-state index contributed by atoms with van der Waals surface area (Å²) in [5, 5.41) is 1.06. The van der Waals surface area contributed by atoms with Crippen LogP contribution in [-0.4, -0.2) is 9.55 Å². The highest BCUT2D eigenvalue weighted by atomic mass is 32.2. The minimum atomic E-state index is 0.939. The van der Waals surface area contributed by atoms with Crippen LogP contribution < -0.4 is 0 Å². The molecule has 0 atom stereocenters. The molecule has 2 aromatic carbocycles. The number of para-hydroxylation sites is 2. The van der Waals surface area contributed by atoms with Gasteiger partial charge in [-0.2, -0.15) is 0 Å². The summed E-state index contributed by atoms with van der Waals surface area (Å²) in [7, 11) is 0. The van der Waals surface area contributed by atoms with E-state index in [4.69, 9.17) is 4.98 Å². The Morgan fingerprint density at radius 2 is 1.79 bits per heavy atom. The predicted octanol–water partition coefficient (Wildman–Crippen LogP) is 4.52. The number of benzene rings is 2. The number of rotatable bonds is 3. The lowest BCUT2D eigenvalue weighted by atomic mass is 10.2. The van der Waals surface area contributed by atoms with Gasteiger partial charge in [0.1, 0.15) is 0 Å². The fraction of sp³-hybridized carbons (Fsp3) is 0.188.